The van der Waals surface area contributed by atoms with Crippen LogP contribution < -0.4 is 5.32 Å². The molecule has 0 fully saturated rings. The molecule has 50 heavy (non-hydrogen) atoms. The highest BCUT2D eigenvalue weighted by Crippen LogP contribution is 2.25. The van der Waals surface area contributed by atoms with Gasteiger partial charge in [0.2, 0.25) is 6.79 Å². The molecule has 8 heteroatoms. The number of nitrogens with one attached hydrogen (secondary N) is 1. The standard InChI is InChI=1S/C42H39NO7/c1-42(2,3)41(47)50-27-49-38(44)26-36-8-6-5-7-35(36)25-28-9-11-29(12-10-28)32-21-23-37(24-22-32)43-39(45)33-17-13-30(14-18-33)31-15-19-34(20-16-31)40(46)48-4/h5-24H,25-27H2,1-4H3,(H,43,45). The number of methoxy groups -OCH3 is 1. The number of hydrogen-bond acceptors (Lipinski definition) is 7. The van der Waals surface area contributed by atoms with Gasteiger partial charge in [0.05, 0.1) is 24.5 Å². The molecular formula is C42H39NO7. The third-order valence-corrected chi connectivity index (χ3v) is 8.09. The van der Waals surface area contributed by atoms with Crippen LogP contribution in [-0.2, 0) is 36.6 Å². The van der Waals surface area contributed by atoms with Gasteiger partial charge in [-0.25, -0.2) is 4.79 Å². The van der Waals surface area contributed by atoms with E-state index in [1.165, 1.54) is 7.11 Å². The monoisotopic (exact) mass is 669 g/mol. The lowest BCUT2D eigenvalue weighted by Gasteiger charge is -2.16. The van der Waals surface area contributed by atoms with Gasteiger partial charge in [0.1, 0.15) is 0 Å². The van der Waals surface area contributed by atoms with E-state index in [-0.39, 0.29) is 18.3 Å². The molecule has 254 valence electrons. The van der Waals surface area contributed by atoms with Crippen molar-refractivity contribution in [2.45, 2.75) is 33.6 Å². The molecule has 1 N–H and O–H groups in total. The largest absolute Gasteiger partial charge is 0.465 e. The van der Waals surface area contributed by atoms with Crippen molar-refractivity contribution in [3.05, 3.63) is 149 Å². The Morgan fingerprint density at radius 2 is 1.10 bits per heavy atom. The van der Waals surface area contributed by atoms with E-state index in [9.17, 15) is 19.2 Å². The summed E-state index contributed by atoms with van der Waals surface area (Å²) in [7, 11) is 1.35. The molecule has 5 rings (SSSR count). The van der Waals surface area contributed by atoms with Gasteiger partial charge in [-0.15, -0.1) is 0 Å². The number of anilines is 1. The molecule has 0 radical (unpaired) electrons. The second-order valence-corrected chi connectivity index (χ2v) is 12.8. The minimum Gasteiger partial charge on any atom is -0.465 e. The Hall–Kier alpha value is -6.02. The molecule has 0 heterocycles. The summed E-state index contributed by atoms with van der Waals surface area (Å²) in [6, 6.07) is 38.0. The Balaban J connectivity index is 1.14. The molecule has 8 nitrogen and oxygen atoms in total. The van der Waals surface area contributed by atoms with Gasteiger partial charge in [-0.3, -0.25) is 14.4 Å². The number of hydrogen-bond donors (Lipinski definition) is 1. The fourth-order valence-electron chi connectivity index (χ4n) is 5.19. The molecule has 0 aliphatic carbocycles. The summed E-state index contributed by atoms with van der Waals surface area (Å²) in [5.74, 6) is -1.50. The molecule has 5 aromatic rings. The number of amides is 1. The molecule has 0 saturated heterocycles. The fourth-order valence-corrected chi connectivity index (χ4v) is 5.19. The number of carbonyl (C=O) groups excluding carboxylic acids is 4. The molecule has 0 aliphatic rings. The minimum atomic E-state index is -0.670. The summed E-state index contributed by atoms with van der Waals surface area (Å²) < 4.78 is 14.9. The number of ether oxygens (including phenoxy) is 3. The van der Waals surface area contributed by atoms with Crippen LogP contribution in [0.3, 0.4) is 0 Å². The normalized spacial score (nSPS) is 11.0. The highest BCUT2D eigenvalue weighted by Gasteiger charge is 2.23. The first-order valence-corrected chi connectivity index (χ1v) is 16.2. The second-order valence-electron chi connectivity index (χ2n) is 12.8. The van der Waals surface area contributed by atoms with Crippen LogP contribution in [0.15, 0.2) is 121 Å². The van der Waals surface area contributed by atoms with Crippen LogP contribution in [0.1, 0.15) is 58.2 Å². The fraction of sp³-hybridized carbons (Fsp3) is 0.190. The highest BCUT2D eigenvalue weighted by molar-refractivity contribution is 6.04. The quantitative estimate of drug-likeness (QED) is 0.111. The maximum absolute atomic E-state index is 12.9. The van der Waals surface area contributed by atoms with Crippen molar-refractivity contribution >= 4 is 29.5 Å². The Bertz CT molecular complexity index is 1960. The summed E-state index contributed by atoms with van der Waals surface area (Å²) in [6.07, 6.45) is 0.708. The lowest BCUT2D eigenvalue weighted by Crippen LogP contribution is -2.25. The first-order valence-electron chi connectivity index (χ1n) is 16.2. The van der Waals surface area contributed by atoms with Gasteiger partial charge in [0.25, 0.3) is 5.91 Å². The first-order chi connectivity index (χ1) is 24.0. The van der Waals surface area contributed by atoms with E-state index in [0.717, 1.165) is 38.9 Å². The summed E-state index contributed by atoms with van der Waals surface area (Å²) in [6.45, 7) is 4.80. The summed E-state index contributed by atoms with van der Waals surface area (Å²) in [4.78, 5) is 49.0. The average Bonchev–Trinajstić information content (AvgIpc) is 3.12. The lowest BCUT2D eigenvalue weighted by molar-refractivity contribution is -0.172. The van der Waals surface area contributed by atoms with Crippen LogP contribution in [0.2, 0.25) is 0 Å². The van der Waals surface area contributed by atoms with Crippen LogP contribution in [0.5, 0.6) is 0 Å². The van der Waals surface area contributed by atoms with Gasteiger partial charge in [0, 0.05) is 11.3 Å². The third kappa shape index (κ3) is 9.32. The average molecular weight is 670 g/mol. The Morgan fingerprint density at radius 1 is 0.600 bits per heavy atom. The van der Waals surface area contributed by atoms with E-state index in [0.29, 0.717) is 23.2 Å². The predicted octanol–water partition coefficient (Wildman–Crippen LogP) is 8.28. The van der Waals surface area contributed by atoms with E-state index < -0.39 is 24.1 Å². The molecule has 0 saturated carbocycles. The van der Waals surface area contributed by atoms with Crippen molar-refractivity contribution < 1.29 is 33.4 Å². The van der Waals surface area contributed by atoms with Gasteiger partial charge < -0.3 is 19.5 Å². The van der Waals surface area contributed by atoms with Crippen molar-refractivity contribution in [1.82, 2.24) is 0 Å². The van der Waals surface area contributed by atoms with Crippen molar-refractivity contribution in [1.29, 1.82) is 0 Å². The Kier molecular flexibility index (Phi) is 11.2. The topological polar surface area (TPSA) is 108 Å². The van der Waals surface area contributed by atoms with Crippen molar-refractivity contribution in [3.63, 3.8) is 0 Å². The maximum atomic E-state index is 12.9. The molecule has 0 spiro atoms. The maximum Gasteiger partial charge on any atom is 0.337 e. The molecule has 0 aromatic heterocycles. The number of benzene rings is 5. The number of carbonyl (C=O) groups is 4. The Labute approximate surface area is 292 Å². The molecule has 0 aliphatic heterocycles. The van der Waals surface area contributed by atoms with E-state index in [2.05, 4.69) is 17.4 Å². The summed E-state index contributed by atoms with van der Waals surface area (Å²) in [5, 5.41) is 2.95. The molecule has 0 unspecified atom stereocenters. The SMILES string of the molecule is COC(=O)c1ccc(-c2ccc(C(=O)Nc3ccc(-c4ccc(Cc5ccccc5CC(=O)OCOC(=O)C(C)(C)C)cc4)cc3)cc2)cc1. The van der Waals surface area contributed by atoms with Crippen LogP contribution in [0.4, 0.5) is 5.69 Å². The first kappa shape index (κ1) is 35.3. The van der Waals surface area contributed by atoms with Crippen LogP contribution >= 0.6 is 0 Å². The summed E-state index contributed by atoms with van der Waals surface area (Å²) in [5.41, 5.74) is 7.85. The smallest absolute Gasteiger partial charge is 0.337 e. The third-order valence-electron chi connectivity index (χ3n) is 8.09. The van der Waals surface area contributed by atoms with Gasteiger partial charge in [0.15, 0.2) is 0 Å². The zero-order valence-electron chi connectivity index (χ0n) is 28.5. The van der Waals surface area contributed by atoms with E-state index in [1.54, 1.807) is 45.0 Å². The predicted molar refractivity (Wildman–Crippen MR) is 193 cm³/mol. The van der Waals surface area contributed by atoms with Crippen LogP contribution in [0.25, 0.3) is 22.3 Å². The molecular weight excluding hydrogens is 630 g/mol. The van der Waals surface area contributed by atoms with E-state index in [4.69, 9.17) is 14.2 Å². The second kappa shape index (κ2) is 15.9. The molecule has 0 atom stereocenters. The van der Waals surface area contributed by atoms with Gasteiger partial charge >= 0.3 is 17.9 Å². The Morgan fingerprint density at radius 3 is 1.64 bits per heavy atom. The van der Waals surface area contributed by atoms with Crippen LogP contribution in [0, 0.1) is 5.41 Å². The summed E-state index contributed by atoms with van der Waals surface area (Å²) >= 11 is 0. The van der Waals surface area contributed by atoms with Gasteiger partial charge in [-0.05, 0) is 103 Å². The molecule has 5 aromatic carbocycles. The lowest BCUT2D eigenvalue weighted by atomic mass is 9.96. The van der Waals surface area contributed by atoms with E-state index in [1.807, 2.05) is 84.9 Å². The molecule has 1 amide bonds. The highest BCUT2D eigenvalue weighted by atomic mass is 16.7. The zero-order chi connectivity index (χ0) is 35.7. The van der Waals surface area contributed by atoms with Gasteiger partial charge in [-0.2, -0.15) is 0 Å². The minimum absolute atomic E-state index is 0.0731. The van der Waals surface area contributed by atoms with Crippen molar-refractivity contribution in [2.24, 2.45) is 5.41 Å². The van der Waals surface area contributed by atoms with Gasteiger partial charge in [-0.1, -0.05) is 84.9 Å². The van der Waals surface area contributed by atoms with Crippen molar-refractivity contribution in [3.8, 4) is 22.3 Å². The van der Waals surface area contributed by atoms with Crippen LogP contribution in [-0.4, -0.2) is 37.7 Å². The number of esters is 3. The number of rotatable bonds is 11. The molecule has 0 bridgehead atoms. The zero-order valence-corrected chi connectivity index (χ0v) is 28.5. The van der Waals surface area contributed by atoms with E-state index >= 15 is 0 Å². The van der Waals surface area contributed by atoms with Crippen molar-refractivity contribution in [2.75, 3.05) is 19.2 Å².